The zero-order valence-corrected chi connectivity index (χ0v) is 8.83. The van der Waals surface area contributed by atoms with Gasteiger partial charge >= 0.3 is 0 Å². The van der Waals surface area contributed by atoms with Gasteiger partial charge in [-0.25, -0.2) is 0 Å². The van der Waals surface area contributed by atoms with Crippen LogP contribution in [0.2, 0.25) is 0 Å². The summed E-state index contributed by atoms with van der Waals surface area (Å²) in [5.41, 5.74) is 15.4. The Morgan fingerprint density at radius 2 is 2.00 bits per heavy atom. The Balaban J connectivity index is 0.000000292. The van der Waals surface area contributed by atoms with E-state index in [1.807, 2.05) is 22.4 Å². The van der Waals surface area contributed by atoms with Crippen molar-refractivity contribution in [3.05, 3.63) is 51.6 Å². The summed E-state index contributed by atoms with van der Waals surface area (Å²) in [5.74, 6) is 0.252. The van der Waals surface area contributed by atoms with Crippen LogP contribution in [-0.4, -0.2) is 16.1 Å². The third-order valence-electron chi connectivity index (χ3n) is 2.22. The van der Waals surface area contributed by atoms with Crippen molar-refractivity contribution < 1.29 is 4.79 Å². The first-order chi connectivity index (χ1) is 7.79. The van der Waals surface area contributed by atoms with Gasteiger partial charge in [-0.05, 0) is 12.1 Å². The van der Waals surface area contributed by atoms with Crippen molar-refractivity contribution in [2.24, 2.45) is 0 Å². The van der Waals surface area contributed by atoms with Crippen LogP contribution < -0.4 is 4.90 Å². The van der Waals surface area contributed by atoms with Gasteiger partial charge in [-0.15, -0.1) is 0 Å². The number of nitrogens with zero attached hydrogens (tertiary/aromatic N) is 5. The Morgan fingerprint density at radius 1 is 1.38 bits per heavy atom. The van der Waals surface area contributed by atoms with E-state index in [1.54, 1.807) is 24.2 Å². The lowest BCUT2D eigenvalue weighted by molar-refractivity contribution is -0.117. The van der Waals surface area contributed by atoms with Crippen LogP contribution in [0, 0.1) is 0 Å². The fourth-order valence-electron chi connectivity index (χ4n) is 1.57. The summed E-state index contributed by atoms with van der Waals surface area (Å²) in [6, 6.07) is 3.83. The number of rotatable bonds is 1. The lowest BCUT2D eigenvalue weighted by atomic mass is 10.1. The zero-order valence-electron chi connectivity index (χ0n) is 8.02. The van der Waals surface area contributed by atoms with E-state index in [0.717, 1.165) is 11.4 Å². The number of pyridine rings is 1. The highest BCUT2D eigenvalue weighted by Gasteiger charge is 2.48. The molecule has 7 heteroatoms. The molecule has 0 aliphatic carbocycles. The van der Waals surface area contributed by atoms with Gasteiger partial charge < -0.3 is 16.0 Å². The number of aromatic nitrogens is 1. The number of carbonyl (C=O) groups excluding carboxylic acids is 1. The molecule has 1 aromatic rings. The molecule has 6 nitrogen and oxygen atoms in total. The molecule has 2 bridgehead atoms. The van der Waals surface area contributed by atoms with E-state index in [9.17, 15) is 4.79 Å². The second kappa shape index (κ2) is 4.26. The molecular formula is C9H6N5OS-. The highest BCUT2D eigenvalue weighted by molar-refractivity contribution is 8.04. The van der Waals surface area contributed by atoms with Crippen LogP contribution in [-0.2, 0) is 4.79 Å². The molecule has 0 aromatic carbocycles. The largest absolute Gasteiger partial charge is 0.373 e. The minimum Gasteiger partial charge on any atom is -0.373 e. The number of anilines is 1. The first kappa shape index (κ1) is 10.5. The summed E-state index contributed by atoms with van der Waals surface area (Å²) in [6.45, 7) is 0. The Morgan fingerprint density at radius 3 is 2.44 bits per heavy atom. The van der Waals surface area contributed by atoms with Crippen LogP contribution in [0.15, 0.2) is 35.6 Å². The highest BCUT2D eigenvalue weighted by Crippen LogP contribution is 2.45. The molecule has 0 spiro atoms. The summed E-state index contributed by atoms with van der Waals surface area (Å²) in [7, 11) is 0. The number of fused-ring (bicyclic) bond motifs is 1. The Bertz CT molecular complexity index is 480. The topological polar surface area (TPSA) is 91.9 Å². The monoisotopic (exact) mass is 232 g/mol. The predicted molar refractivity (Wildman–Crippen MR) is 61.3 cm³/mol. The molecule has 1 atom stereocenters. The molecular weight excluding hydrogens is 226 g/mol. The third-order valence-corrected chi connectivity index (χ3v) is 3.26. The average molecular weight is 232 g/mol. The van der Waals surface area contributed by atoms with E-state index in [-0.39, 0.29) is 11.2 Å². The van der Waals surface area contributed by atoms with Gasteiger partial charge in [0.15, 0.2) is 0 Å². The average Bonchev–Trinajstić information content (AvgIpc) is 2.90. The summed E-state index contributed by atoms with van der Waals surface area (Å²) in [6.07, 6.45) is 3.48. The normalized spacial score (nSPS) is 20.2. The fraction of sp³-hybridized carbons (Fsp3) is 0.111. The van der Waals surface area contributed by atoms with E-state index in [1.165, 1.54) is 4.91 Å². The van der Waals surface area contributed by atoms with Crippen LogP contribution in [0.25, 0.3) is 16.0 Å². The molecule has 1 unspecified atom stereocenters. The summed E-state index contributed by atoms with van der Waals surface area (Å²) in [4.78, 5) is 18.7. The van der Waals surface area contributed by atoms with Crippen molar-refractivity contribution in [1.29, 1.82) is 0 Å². The van der Waals surface area contributed by atoms with Crippen molar-refractivity contribution in [1.82, 2.24) is 4.98 Å². The predicted octanol–water partition coefficient (Wildman–Crippen LogP) is 2.25. The van der Waals surface area contributed by atoms with Crippen LogP contribution in [0.4, 0.5) is 5.69 Å². The number of Topliss-reactive ketones (excluding diaryl/α,β-unsaturated/α-hetero) is 1. The second-order valence-corrected chi connectivity index (χ2v) is 3.98. The van der Waals surface area contributed by atoms with Gasteiger partial charge in [0.05, 0.1) is 5.70 Å². The summed E-state index contributed by atoms with van der Waals surface area (Å²) in [5, 5.41) is 1.92. The fourth-order valence-corrected chi connectivity index (χ4v) is 2.66. The maximum absolute atomic E-state index is 11.3. The van der Waals surface area contributed by atoms with Crippen LogP contribution in [0.5, 0.6) is 0 Å². The summed E-state index contributed by atoms with van der Waals surface area (Å²) < 4.78 is 0. The smallest absolute Gasteiger partial charge is 0.213 e. The SMILES string of the molecule is O=C1C2=CSC1N2c1ccncc1.[N-]=[N+]=[N-]. The van der Waals surface area contributed by atoms with Crippen LogP contribution >= 0.6 is 11.8 Å². The van der Waals surface area contributed by atoms with Gasteiger partial charge in [-0.3, -0.25) is 14.7 Å². The quantitative estimate of drug-likeness (QED) is 0.421. The molecule has 1 fully saturated rings. The first-order valence-corrected chi connectivity index (χ1v) is 5.31. The summed E-state index contributed by atoms with van der Waals surface area (Å²) >= 11 is 1.58. The Hall–Kier alpha value is -1.98. The van der Waals surface area contributed by atoms with Crippen molar-refractivity contribution >= 4 is 23.2 Å². The maximum Gasteiger partial charge on any atom is 0.213 e. The molecule has 0 saturated carbocycles. The second-order valence-electron chi connectivity index (χ2n) is 3.02. The Labute approximate surface area is 95.4 Å². The van der Waals surface area contributed by atoms with E-state index in [4.69, 9.17) is 11.1 Å². The van der Waals surface area contributed by atoms with Crippen molar-refractivity contribution in [3.8, 4) is 0 Å². The molecule has 0 N–H and O–H groups in total. The van der Waals surface area contributed by atoms with E-state index in [0.29, 0.717) is 0 Å². The number of hydrogen-bond donors (Lipinski definition) is 0. The van der Waals surface area contributed by atoms with Gasteiger partial charge in [0.1, 0.15) is 5.37 Å². The number of carbonyl (C=O) groups is 1. The van der Waals surface area contributed by atoms with Crippen LogP contribution in [0.3, 0.4) is 0 Å². The van der Waals surface area contributed by atoms with E-state index < -0.39 is 0 Å². The minimum atomic E-state index is -0.00241. The van der Waals surface area contributed by atoms with Gasteiger partial charge in [-0.1, -0.05) is 11.8 Å². The maximum atomic E-state index is 11.3. The molecule has 80 valence electrons. The zero-order chi connectivity index (χ0) is 11.5. The van der Waals surface area contributed by atoms with Gasteiger partial charge in [0.2, 0.25) is 5.78 Å². The molecule has 0 amide bonds. The molecule has 0 radical (unpaired) electrons. The Kier molecular flexibility index (Phi) is 2.80. The molecule has 1 saturated heterocycles. The van der Waals surface area contributed by atoms with Gasteiger partial charge in [-0.2, -0.15) is 0 Å². The van der Waals surface area contributed by atoms with E-state index in [2.05, 4.69) is 4.98 Å². The standard InChI is InChI=1S/C9H6N2OS.N3/c12-8-7-5-13-9(8)11(7)6-1-3-10-4-2-6;1-3-2/h1-5,9H;/q;-1. The lowest BCUT2D eigenvalue weighted by Gasteiger charge is -2.35. The van der Waals surface area contributed by atoms with Crippen molar-refractivity contribution in [2.45, 2.75) is 5.37 Å². The number of thioether (sulfide) groups is 1. The number of hydrogen-bond acceptors (Lipinski definition) is 4. The third kappa shape index (κ3) is 1.52. The molecule has 4 heterocycles. The minimum absolute atomic E-state index is 0.00241. The van der Waals surface area contributed by atoms with E-state index >= 15 is 0 Å². The van der Waals surface area contributed by atoms with Crippen molar-refractivity contribution in [3.63, 3.8) is 0 Å². The van der Waals surface area contributed by atoms with Gasteiger partial charge in [0, 0.05) is 23.5 Å². The van der Waals surface area contributed by atoms with Gasteiger partial charge in [0.25, 0.3) is 0 Å². The molecule has 3 aliphatic heterocycles. The lowest BCUT2D eigenvalue weighted by Crippen LogP contribution is -2.48. The molecule has 1 aromatic heterocycles. The highest BCUT2D eigenvalue weighted by atomic mass is 32.2. The van der Waals surface area contributed by atoms with Crippen molar-refractivity contribution in [2.75, 3.05) is 4.90 Å². The molecule has 16 heavy (non-hydrogen) atoms. The number of ketones is 1. The molecule has 4 rings (SSSR count). The van der Waals surface area contributed by atoms with Crippen LogP contribution in [0.1, 0.15) is 0 Å². The first-order valence-electron chi connectivity index (χ1n) is 4.37. The molecule has 3 aliphatic rings.